The fourth-order valence-electron chi connectivity index (χ4n) is 4.26. The zero-order chi connectivity index (χ0) is 27.0. The van der Waals surface area contributed by atoms with Crippen LogP contribution in [0.2, 0.25) is 0 Å². The molecule has 2 aromatic carbocycles. The average Bonchev–Trinajstić information content (AvgIpc) is 3.06. The van der Waals surface area contributed by atoms with Crippen LogP contribution in [-0.2, 0) is 21.5 Å². The molecule has 4 rings (SSSR count). The molecule has 1 N–H and O–H groups in total. The Kier molecular flexibility index (Phi) is 7.21. The van der Waals surface area contributed by atoms with E-state index in [2.05, 4.69) is 0 Å². The molecule has 0 saturated carbocycles. The predicted molar refractivity (Wildman–Crippen MR) is 139 cm³/mol. The van der Waals surface area contributed by atoms with Crippen LogP contribution in [-0.4, -0.2) is 38.6 Å². The van der Waals surface area contributed by atoms with E-state index in [1.807, 2.05) is 70.2 Å². The van der Waals surface area contributed by atoms with Crippen molar-refractivity contribution in [2.24, 2.45) is 0 Å². The zero-order valence-electron chi connectivity index (χ0n) is 21.8. The molecule has 0 radical (unpaired) electrons. The SMILES string of the molecule is COc1ccc(C2=C(c3ccc(OCc4c(C)cc(C)c[n+]4OS(C)(=O)=O)cc3)C(O)C(C)(C)O2)cc1. The molecule has 0 amide bonds. The van der Waals surface area contributed by atoms with Gasteiger partial charge in [-0.15, -0.1) is 4.28 Å². The summed E-state index contributed by atoms with van der Waals surface area (Å²) in [4.78, 5) is 0. The van der Waals surface area contributed by atoms with Gasteiger partial charge in [0.25, 0.3) is 5.69 Å². The molecule has 3 aromatic rings. The average molecular weight is 527 g/mol. The van der Waals surface area contributed by atoms with Crippen molar-refractivity contribution in [1.29, 1.82) is 0 Å². The minimum absolute atomic E-state index is 0.0968. The molecule has 8 nitrogen and oxygen atoms in total. The lowest BCUT2D eigenvalue weighted by Gasteiger charge is -2.24. The van der Waals surface area contributed by atoms with E-state index in [1.54, 1.807) is 25.4 Å². The lowest BCUT2D eigenvalue weighted by atomic mass is 9.91. The number of hydrogen-bond donors (Lipinski definition) is 1. The Labute approximate surface area is 217 Å². The molecule has 196 valence electrons. The lowest BCUT2D eigenvalue weighted by Crippen LogP contribution is -2.49. The molecule has 9 heteroatoms. The highest BCUT2D eigenvalue weighted by atomic mass is 32.2. The van der Waals surface area contributed by atoms with Gasteiger partial charge >= 0.3 is 10.1 Å². The number of pyridine rings is 1. The van der Waals surface area contributed by atoms with E-state index in [1.165, 1.54) is 4.73 Å². The fourth-order valence-corrected chi connectivity index (χ4v) is 4.69. The third-order valence-electron chi connectivity index (χ3n) is 6.14. The number of aliphatic hydroxyl groups is 1. The first-order valence-electron chi connectivity index (χ1n) is 11.8. The number of hydrogen-bond acceptors (Lipinski definition) is 7. The molecule has 0 saturated heterocycles. The zero-order valence-corrected chi connectivity index (χ0v) is 22.6. The van der Waals surface area contributed by atoms with E-state index in [0.29, 0.717) is 22.8 Å². The summed E-state index contributed by atoms with van der Waals surface area (Å²) < 4.78 is 47.2. The van der Waals surface area contributed by atoms with Crippen molar-refractivity contribution in [2.45, 2.75) is 46.0 Å². The van der Waals surface area contributed by atoms with Gasteiger partial charge in [0.1, 0.15) is 29.0 Å². The van der Waals surface area contributed by atoms with Crippen molar-refractivity contribution in [3.05, 3.63) is 88.7 Å². The first-order chi connectivity index (χ1) is 17.4. The van der Waals surface area contributed by atoms with Gasteiger partial charge in [-0.1, -0.05) is 12.1 Å². The highest BCUT2D eigenvalue weighted by Gasteiger charge is 2.43. The number of aryl methyl sites for hydroxylation is 2. The van der Waals surface area contributed by atoms with E-state index < -0.39 is 21.8 Å². The van der Waals surface area contributed by atoms with E-state index in [-0.39, 0.29) is 6.61 Å². The summed E-state index contributed by atoms with van der Waals surface area (Å²) in [5, 5.41) is 11.1. The first kappa shape index (κ1) is 26.5. The van der Waals surface area contributed by atoms with Gasteiger partial charge in [-0.3, -0.25) is 0 Å². The summed E-state index contributed by atoms with van der Waals surface area (Å²) in [5.74, 6) is 1.93. The third-order valence-corrected chi connectivity index (χ3v) is 6.57. The van der Waals surface area contributed by atoms with Crippen LogP contribution in [0.15, 0.2) is 60.8 Å². The van der Waals surface area contributed by atoms with Crippen molar-refractivity contribution < 1.29 is 36.7 Å². The second kappa shape index (κ2) is 10.1. The lowest BCUT2D eigenvalue weighted by molar-refractivity contribution is -0.862. The van der Waals surface area contributed by atoms with Crippen LogP contribution < -0.4 is 18.5 Å². The van der Waals surface area contributed by atoms with E-state index in [0.717, 1.165) is 34.3 Å². The van der Waals surface area contributed by atoms with Gasteiger partial charge in [0.15, 0.2) is 6.61 Å². The van der Waals surface area contributed by atoms with Crippen LogP contribution in [0.25, 0.3) is 11.3 Å². The maximum atomic E-state index is 11.7. The van der Waals surface area contributed by atoms with Crippen molar-refractivity contribution in [3.8, 4) is 11.5 Å². The molecular weight excluding hydrogens is 494 g/mol. The highest BCUT2D eigenvalue weighted by Crippen LogP contribution is 2.44. The Balaban J connectivity index is 1.60. The molecule has 0 bridgehead atoms. The topological polar surface area (TPSA) is 95.2 Å². The maximum Gasteiger partial charge on any atom is 0.364 e. The van der Waals surface area contributed by atoms with E-state index in [9.17, 15) is 13.5 Å². The largest absolute Gasteiger partial charge is 0.497 e. The Hall–Kier alpha value is -3.56. The second-order valence-electron chi connectivity index (χ2n) is 9.64. The summed E-state index contributed by atoms with van der Waals surface area (Å²) in [6, 6.07) is 16.8. The third kappa shape index (κ3) is 5.89. The Morgan fingerprint density at radius 3 is 2.19 bits per heavy atom. The predicted octanol–water partition coefficient (Wildman–Crippen LogP) is 3.60. The van der Waals surface area contributed by atoms with Crippen LogP contribution in [0.3, 0.4) is 0 Å². The standard InChI is InChI=1S/C28H32NO7S/c1-18-15-19(2)24(29(16-18)36-37(6,31)32)17-34-23-13-7-20(8-14-23)25-26(35-28(3,4)27(25)30)21-9-11-22(33-5)12-10-21/h7-16,27,30H,17H2,1-6H3/q+1. The van der Waals surface area contributed by atoms with Gasteiger partial charge in [-0.05, 0) is 75.7 Å². The maximum absolute atomic E-state index is 11.7. The van der Waals surface area contributed by atoms with Gasteiger partial charge in [0.2, 0.25) is 6.20 Å². The van der Waals surface area contributed by atoms with Crippen molar-refractivity contribution >= 4 is 21.5 Å². The molecule has 1 aromatic heterocycles. The number of aliphatic hydroxyl groups excluding tert-OH is 1. The van der Waals surface area contributed by atoms with Gasteiger partial charge in [-0.25, -0.2) is 0 Å². The molecule has 1 aliphatic rings. The van der Waals surface area contributed by atoms with Crippen LogP contribution in [0.5, 0.6) is 11.5 Å². The quantitative estimate of drug-likeness (QED) is 0.448. The smallest absolute Gasteiger partial charge is 0.364 e. The number of methoxy groups -OCH3 is 1. The summed E-state index contributed by atoms with van der Waals surface area (Å²) in [5.41, 5.74) is 3.81. The van der Waals surface area contributed by atoms with Crippen molar-refractivity contribution in [1.82, 2.24) is 0 Å². The van der Waals surface area contributed by atoms with Crippen LogP contribution in [0.1, 0.15) is 41.8 Å². The first-order valence-corrected chi connectivity index (χ1v) is 13.6. The van der Waals surface area contributed by atoms with Gasteiger partial charge in [-0.2, -0.15) is 8.42 Å². The summed E-state index contributed by atoms with van der Waals surface area (Å²) >= 11 is 0. The van der Waals surface area contributed by atoms with Crippen molar-refractivity contribution in [3.63, 3.8) is 0 Å². The Bertz CT molecular complexity index is 1430. The monoisotopic (exact) mass is 526 g/mol. The number of aromatic nitrogens is 1. The molecule has 37 heavy (non-hydrogen) atoms. The number of benzene rings is 2. The van der Waals surface area contributed by atoms with E-state index in [4.69, 9.17) is 18.5 Å². The normalized spacial score (nSPS) is 16.9. The van der Waals surface area contributed by atoms with Gasteiger partial charge in [0, 0.05) is 27.0 Å². The second-order valence-corrected chi connectivity index (χ2v) is 11.2. The molecule has 2 heterocycles. The molecule has 1 unspecified atom stereocenters. The minimum Gasteiger partial charge on any atom is -0.497 e. The summed E-state index contributed by atoms with van der Waals surface area (Å²) in [6.07, 6.45) is 1.77. The molecule has 1 aliphatic heterocycles. The number of rotatable bonds is 8. The number of nitrogens with zero attached hydrogens (tertiary/aromatic N) is 1. The van der Waals surface area contributed by atoms with Gasteiger partial charge < -0.3 is 19.3 Å². The molecule has 0 aliphatic carbocycles. The van der Waals surface area contributed by atoms with Crippen LogP contribution in [0, 0.1) is 13.8 Å². The van der Waals surface area contributed by atoms with Crippen molar-refractivity contribution in [2.75, 3.05) is 13.4 Å². The highest BCUT2D eigenvalue weighted by molar-refractivity contribution is 7.86. The minimum atomic E-state index is -3.72. The molecule has 0 spiro atoms. The number of ether oxygens (including phenoxy) is 3. The Morgan fingerprint density at radius 1 is 1.00 bits per heavy atom. The summed E-state index contributed by atoms with van der Waals surface area (Å²) in [6.45, 7) is 7.52. The molecular formula is C28H32NO7S+. The molecule has 0 fully saturated rings. The van der Waals surface area contributed by atoms with Crippen LogP contribution in [0.4, 0.5) is 0 Å². The van der Waals surface area contributed by atoms with Crippen LogP contribution >= 0.6 is 0 Å². The fraction of sp³-hybridized carbons (Fsp3) is 0.321. The Morgan fingerprint density at radius 2 is 1.59 bits per heavy atom. The summed E-state index contributed by atoms with van der Waals surface area (Å²) in [7, 11) is -2.11. The van der Waals surface area contributed by atoms with Gasteiger partial charge in [0.05, 0.1) is 13.4 Å². The molecule has 1 atom stereocenters. The van der Waals surface area contributed by atoms with E-state index >= 15 is 0 Å².